The van der Waals surface area contributed by atoms with E-state index in [-0.39, 0.29) is 17.5 Å². The van der Waals surface area contributed by atoms with Gasteiger partial charge in [0.05, 0.1) is 16.8 Å². The van der Waals surface area contributed by atoms with Crippen molar-refractivity contribution in [2.75, 3.05) is 0 Å². The fraction of sp³-hybridized carbons (Fsp3) is 0.538. The first kappa shape index (κ1) is 41.9. The van der Waals surface area contributed by atoms with E-state index >= 15 is 0 Å². The summed E-state index contributed by atoms with van der Waals surface area (Å²) in [6, 6.07) is 7.48. The number of aryl methyl sites for hydroxylation is 1. The van der Waals surface area contributed by atoms with Crippen LogP contribution in [0.5, 0.6) is 0 Å². The smallest absolute Gasteiger partial charge is 0.338 e. The summed E-state index contributed by atoms with van der Waals surface area (Å²) in [5.74, 6) is -3.79. The van der Waals surface area contributed by atoms with Crippen LogP contribution in [0.25, 0.3) is 11.3 Å². The van der Waals surface area contributed by atoms with E-state index in [0.29, 0.717) is 37.2 Å². The van der Waals surface area contributed by atoms with Gasteiger partial charge in [0.1, 0.15) is 0 Å². The molecular weight excluding hydrogens is 610 g/mol. The van der Waals surface area contributed by atoms with E-state index in [1.807, 2.05) is 35.8 Å². The maximum absolute atomic E-state index is 11.6. The molecule has 0 spiro atoms. The number of fused-ring (bicyclic) bond motifs is 1. The molecule has 1 aromatic carbocycles. The highest BCUT2D eigenvalue weighted by atomic mass is 16.4. The van der Waals surface area contributed by atoms with Gasteiger partial charge in [-0.25, -0.2) is 9.59 Å². The molecule has 1 aromatic heterocycles. The number of carboxylic acids is 4. The lowest BCUT2D eigenvalue weighted by Gasteiger charge is -2.08. The van der Waals surface area contributed by atoms with Crippen LogP contribution in [0.4, 0.5) is 0 Å². The first-order chi connectivity index (χ1) is 23.0. The van der Waals surface area contributed by atoms with Gasteiger partial charge in [-0.05, 0) is 63.9 Å². The third kappa shape index (κ3) is 16.6. The lowest BCUT2D eigenvalue weighted by molar-refractivity contribution is -0.138. The summed E-state index contributed by atoms with van der Waals surface area (Å²) in [7, 11) is 0. The van der Waals surface area contributed by atoms with E-state index < -0.39 is 23.9 Å². The monoisotopic (exact) mass is 667 g/mol. The molecule has 3 rings (SSSR count). The number of benzene rings is 1. The van der Waals surface area contributed by atoms with Crippen molar-refractivity contribution in [3.8, 4) is 11.3 Å². The molecule has 2 heterocycles. The zero-order valence-corrected chi connectivity index (χ0v) is 29.1. The molecule has 0 saturated carbocycles. The van der Waals surface area contributed by atoms with Crippen LogP contribution in [0.2, 0.25) is 0 Å². The molecule has 9 nitrogen and oxygen atoms in total. The molecule has 0 atom stereocenters. The van der Waals surface area contributed by atoms with E-state index in [4.69, 9.17) is 10.2 Å². The Morgan fingerprint density at radius 3 is 1.71 bits per heavy atom. The predicted molar refractivity (Wildman–Crippen MR) is 191 cm³/mol. The molecule has 0 saturated heterocycles. The molecule has 9 heteroatoms. The Bertz CT molecular complexity index is 1310. The number of carbonyl (C=O) groups is 4. The van der Waals surface area contributed by atoms with Gasteiger partial charge in [0.15, 0.2) is 0 Å². The average Bonchev–Trinajstić information content (AvgIpc) is 3.64. The zero-order valence-electron chi connectivity index (χ0n) is 29.1. The Morgan fingerprint density at radius 1 is 0.708 bits per heavy atom. The van der Waals surface area contributed by atoms with Crippen LogP contribution >= 0.6 is 0 Å². The number of carboxylic acid groups (broad SMARTS) is 4. The minimum atomic E-state index is -1.19. The van der Waals surface area contributed by atoms with Crippen molar-refractivity contribution in [2.24, 2.45) is 0 Å². The molecule has 1 aliphatic rings. The number of allylic oxidation sites excluding steroid dienone is 3. The number of hydrogen-bond donors (Lipinski definition) is 4. The van der Waals surface area contributed by atoms with Crippen LogP contribution in [-0.4, -0.2) is 48.9 Å². The van der Waals surface area contributed by atoms with Crippen LogP contribution in [0, 0.1) is 6.92 Å². The van der Waals surface area contributed by atoms with Crippen molar-refractivity contribution in [1.29, 1.82) is 0 Å². The second kappa shape index (κ2) is 25.0. The van der Waals surface area contributed by atoms with Gasteiger partial charge >= 0.3 is 23.9 Å². The first-order valence-corrected chi connectivity index (χ1v) is 17.5. The minimum absolute atomic E-state index is 0.0597. The third-order valence-electron chi connectivity index (χ3n) is 8.13. The highest BCUT2D eigenvalue weighted by Crippen LogP contribution is 2.36. The maximum atomic E-state index is 11.6. The second-order valence-electron chi connectivity index (χ2n) is 12.2. The highest BCUT2D eigenvalue weighted by Gasteiger charge is 2.33. The minimum Gasteiger partial charge on any atom is -0.481 e. The molecule has 0 amide bonds. The zero-order chi connectivity index (χ0) is 35.7. The van der Waals surface area contributed by atoms with Crippen molar-refractivity contribution in [1.82, 2.24) is 4.57 Å². The van der Waals surface area contributed by atoms with E-state index in [9.17, 15) is 29.4 Å². The predicted octanol–water partition coefficient (Wildman–Crippen LogP) is 9.95. The van der Waals surface area contributed by atoms with Crippen LogP contribution in [0.15, 0.2) is 49.1 Å². The summed E-state index contributed by atoms with van der Waals surface area (Å²) >= 11 is 0. The molecule has 48 heavy (non-hydrogen) atoms. The molecule has 0 aliphatic carbocycles. The quantitative estimate of drug-likeness (QED) is 0.0757. The summed E-state index contributed by atoms with van der Waals surface area (Å²) in [6.07, 6.45) is 25.1. The van der Waals surface area contributed by atoms with Crippen molar-refractivity contribution in [2.45, 2.75) is 136 Å². The number of aromatic nitrogens is 1. The van der Waals surface area contributed by atoms with Gasteiger partial charge in [-0.1, -0.05) is 106 Å². The Kier molecular flexibility index (Phi) is 21.8. The average molecular weight is 668 g/mol. The topological polar surface area (TPSA) is 154 Å². The van der Waals surface area contributed by atoms with Gasteiger partial charge in [0.2, 0.25) is 0 Å². The normalized spacial score (nSPS) is 11.6. The summed E-state index contributed by atoms with van der Waals surface area (Å²) in [5.41, 5.74) is 2.79. The molecule has 0 unspecified atom stereocenters. The SMILES string of the molecule is C=CCCC(=O)O.CCCCCCCCCC/C=C/CCCCCC(=O)O.Cc1ccc(-c2c(C(=O)O)c(C(=O)O)c3n2CCC3)cc1. The first-order valence-electron chi connectivity index (χ1n) is 17.5. The number of aliphatic carboxylic acids is 2. The van der Waals surface area contributed by atoms with Gasteiger partial charge in [-0.2, -0.15) is 0 Å². The summed E-state index contributed by atoms with van der Waals surface area (Å²) in [4.78, 5) is 43.2. The van der Waals surface area contributed by atoms with Crippen LogP contribution in [-0.2, 0) is 22.6 Å². The van der Waals surface area contributed by atoms with Crippen molar-refractivity contribution in [3.05, 3.63) is 71.5 Å². The summed E-state index contributed by atoms with van der Waals surface area (Å²) in [5, 5.41) is 35.4. The van der Waals surface area contributed by atoms with E-state index in [1.165, 1.54) is 57.8 Å². The fourth-order valence-electron chi connectivity index (χ4n) is 5.60. The van der Waals surface area contributed by atoms with Crippen LogP contribution < -0.4 is 0 Å². The van der Waals surface area contributed by atoms with Gasteiger partial charge in [0.25, 0.3) is 0 Å². The molecule has 0 radical (unpaired) electrons. The van der Waals surface area contributed by atoms with Crippen molar-refractivity contribution < 1.29 is 39.6 Å². The molecule has 0 fully saturated rings. The van der Waals surface area contributed by atoms with Gasteiger partial charge < -0.3 is 25.0 Å². The maximum Gasteiger partial charge on any atom is 0.338 e. The Balaban J connectivity index is 0.000000402. The van der Waals surface area contributed by atoms with E-state index in [0.717, 1.165) is 43.2 Å². The molecule has 2 aromatic rings. The van der Waals surface area contributed by atoms with Gasteiger partial charge in [-0.3, -0.25) is 9.59 Å². The van der Waals surface area contributed by atoms with Crippen molar-refractivity contribution in [3.63, 3.8) is 0 Å². The molecule has 0 bridgehead atoms. The van der Waals surface area contributed by atoms with Crippen molar-refractivity contribution >= 4 is 23.9 Å². The highest BCUT2D eigenvalue weighted by molar-refractivity contribution is 6.07. The number of hydrogen-bond acceptors (Lipinski definition) is 4. The Hall–Kier alpha value is -4.14. The molecule has 4 N–H and O–H groups in total. The molecule has 266 valence electrons. The largest absolute Gasteiger partial charge is 0.481 e. The third-order valence-corrected chi connectivity index (χ3v) is 8.13. The summed E-state index contributed by atoms with van der Waals surface area (Å²) < 4.78 is 1.84. The molecule has 1 aliphatic heterocycles. The van der Waals surface area contributed by atoms with Gasteiger partial charge in [-0.15, -0.1) is 6.58 Å². The number of nitrogens with zero attached hydrogens (tertiary/aromatic N) is 1. The Morgan fingerprint density at radius 2 is 1.23 bits per heavy atom. The lowest BCUT2D eigenvalue weighted by Crippen LogP contribution is -2.08. The van der Waals surface area contributed by atoms with Gasteiger partial charge in [0, 0.05) is 25.1 Å². The summed E-state index contributed by atoms with van der Waals surface area (Å²) in [6.45, 7) is 8.24. The standard InChI is InChI=1S/C18H34O2.C16H15NO4.C5H8O2/c1-2-3-4-5-6-7-8-9-10-11-12-13-14-15-16-17-18(19)20;1-9-4-6-10(7-5-9)14-13(16(20)21)12(15(18)19)11-3-2-8-17(11)14;1-2-3-4-5(6)7/h11-12H,2-10,13-17H2,1H3,(H,19,20);4-7H,2-3,8H2,1H3,(H,18,19)(H,20,21);2H,1,3-4H2,(H,6,7)/b12-11+;;. The van der Waals surface area contributed by atoms with E-state index in [1.54, 1.807) is 6.08 Å². The van der Waals surface area contributed by atoms with Crippen LogP contribution in [0.3, 0.4) is 0 Å². The van der Waals surface area contributed by atoms with Crippen LogP contribution in [0.1, 0.15) is 148 Å². The number of aromatic carboxylic acids is 2. The van der Waals surface area contributed by atoms with E-state index in [2.05, 4.69) is 25.7 Å². The number of unbranched alkanes of at least 4 members (excludes halogenated alkanes) is 11. The Labute approximate surface area is 286 Å². The second-order valence-corrected chi connectivity index (χ2v) is 12.2. The molecular formula is C39H57NO8. The number of rotatable bonds is 21. The fourth-order valence-corrected chi connectivity index (χ4v) is 5.60. The lowest BCUT2D eigenvalue weighted by atomic mass is 10.0.